The SMILES string of the molecule is CC1CC1CNS(=O)(=O)c1c[nH]ccc1=O. The lowest BCUT2D eigenvalue weighted by Gasteiger charge is -2.04. The Balaban J connectivity index is 2.13. The van der Waals surface area contributed by atoms with E-state index in [1.165, 1.54) is 18.5 Å². The Bertz CT molecular complexity index is 535. The van der Waals surface area contributed by atoms with Gasteiger partial charge in [-0.3, -0.25) is 4.79 Å². The first kappa shape index (κ1) is 11.3. The molecule has 2 atom stereocenters. The number of nitrogens with one attached hydrogen (secondary N) is 2. The smallest absolute Gasteiger partial charge is 0.245 e. The highest BCUT2D eigenvalue weighted by molar-refractivity contribution is 7.89. The normalized spacial score (nSPS) is 24.3. The summed E-state index contributed by atoms with van der Waals surface area (Å²) in [5.74, 6) is 0.995. The van der Waals surface area contributed by atoms with Crippen molar-refractivity contribution in [1.82, 2.24) is 9.71 Å². The van der Waals surface area contributed by atoms with Crippen LogP contribution in [0.25, 0.3) is 0 Å². The number of sulfonamides is 1. The summed E-state index contributed by atoms with van der Waals surface area (Å²) in [6.07, 6.45) is 3.67. The van der Waals surface area contributed by atoms with Gasteiger partial charge in [0.25, 0.3) is 0 Å². The third kappa shape index (κ3) is 2.33. The lowest BCUT2D eigenvalue weighted by atomic mass is 10.3. The molecule has 6 heteroatoms. The molecule has 0 bridgehead atoms. The van der Waals surface area contributed by atoms with Crippen LogP contribution in [0.3, 0.4) is 0 Å². The molecule has 1 aliphatic carbocycles. The lowest BCUT2D eigenvalue weighted by Crippen LogP contribution is -2.30. The molecule has 1 aromatic rings. The Morgan fingerprint density at radius 3 is 2.81 bits per heavy atom. The molecule has 0 aromatic carbocycles. The van der Waals surface area contributed by atoms with Crippen molar-refractivity contribution in [1.29, 1.82) is 0 Å². The van der Waals surface area contributed by atoms with Crippen LogP contribution in [-0.4, -0.2) is 19.9 Å². The average molecular weight is 242 g/mol. The van der Waals surface area contributed by atoms with Gasteiger partial charge in [-0.25, -0.2) is 13.1 Å². The van der Waals surface area contributed by atoms with E-state index in [9.17, 15) is 13.2 Å². The molecule has 0 aliphatic heterocycles. The molecule has 1 fully saturated rings. The number of aromatic nitrogens is 1. The standard InChI is InChI=1S/C10H14N2O3S/c1-7-4-8(7)5-12-16(14,15)10-6-11-3-2-9(10)13/h2-3,6-8,12H,4-5H2,1H3,(H,11,13). The van der Waals surface area contributed by atoms with Crippen LogP contribution < -0.4 is 10.2 Å². The predicted molar refractivity (Wildman–Crippen MR) is 59.5 cm³/mol. The zero-order chi connectivity index (χ0) is 11.8. The van der Waals surface area contributed by atoms with Crippen LogP contribution in [0, 0.1) is 11.8 Å². The Hall–Kier alpha value is -1.14. The monoisotopic (exact) mass is 242 g/mol. The molecule has 0 radical (unpaired) electrons. The first-order chi connectivity index (χ1) is 7.50. The summed E-state index contributed by atoms with van der Waals surface area (Å²) in [4.78, 5) is 13.7. The number of pyridine rings is 1. The molecule has 1 aromatic heterocycles. The first-order valence-corrected chi connectivity index (χ1v) is 6.66. The first-order valence-electron chi connectivity index (χ1n) is 5.17. The van der Waals surface area contributed by atoms with Gasteiger partial charge in [0, 0.05) is 25.0 Å². The molecule has 0 amide bonds. The Kier molecular flexibility index (Phi) is 2.86. The van der Waals surface area contributed by atoms with Crippen LogP contribution in [0.5, 0.6) is 0 Å². The maximum absolute atomic E-state index is 11.8. The molecular formula is C10H14N2O3S. The fourth-order valence-corrected chi connectivity index (χ4v) is 2.73. The zero-order valence-corrected chi connectivity index (χ0v) is 9.75. The van der Waals surface area contributed by atoms with E-state index >= 15 is 0 Å². The van der Waals surface area contributed by atoms with E-state index in [2.05, 4.69) is 16.6 Å². The van der Waals surface area contributed by atoms with Crippen molar-refractivity contribution in [3.05, 3.63) is 28.7 Å². The average Bonchev–Trinajstić information content (AvgIpc) is 2.92. The quantitative estimate of drug-likeness (QED) is 0.797. The van der Waals surface area contributed by atoms with Crippen LogP contribution >= 0.6 is 0 Å². The second-order valence-corrected chi connectivity index (χ2v) is 5.93. The van der Waals surface area contributed by atoms with Gasteiger partial charge in [-0.1, -0.05) is 6.92 Å². The van der Waals surface area contributed by atoms with E-state index in [1.807, 2.05) is 0 Å². The molecule has 2 unspecified atom stereocenters. The van der Waals surface area contributed by atoms with Crippen molar-refractivity contribution >= 4 is 10.0 Å². The maximum atomic E-state index is 11.8. The van der Waals surface area contributed by atoms with Gasteiger partial charge in [0.2, 0.25) is 15.5 Å². The largest absolute Gasteiger partial charge is 0.366 e. The molecule has 5 nitrogen and oxygen atoms in total. The molecule has 1 aliphatic rings. The van der Waals surface area contributed by atoms with Gasteiger partial charge in [-0.05, 0) is 18.3 Å². The summed E-state index contributed by atoms with van der Waals surface area (Å²) in [6, 6.07) is 1.20. The van der Waals surface area contributed by atoms with Crippen LogP contribution in [0.4, 0.5) is 0 Å². The van der Waals surface area contributed by atoms with Gasteiger partial charge < -0.3 is 4.98 Å². The minimum atomic E-state index is -3.66. The predicted octanol–water partition coefficient (Wildman–Crippen LogP) is 0.309. The maximum Gasteiger partial charge on any atom is 0.245 e. The topological polar surface area (TPSA) is 79.0 Å². The van der Waals surface area contributed by atoms with Gasteiger partial charge in [-0.2, -0.15) is 0 Å². The van der Waals surface area contributed by atoms with Crippen LogP contribution in [0.1, 0.15) is 13.3 Å². The summed E-state index contributed by atoms with van der Waals surface area (Å²) in [5.41, 5.74) is -0.491. The van der Waals surface area contributed by atoms with E-state index in [1.54, 1.807) is 0 Å². The molecule has 2 rings (SSSR count). The molecule has 0 saturated heterocycles. The van der Waals surface area contributed by atoms with Crippen LogP contribution in [0.2, 0.25) is 0 Å². The highest BCUT2D eigenvalue weighted by Gasteiger charge is 2.33. The van der Waals surface area contributed by atoms with Crippen molar-refractivity contribution in [3.8, 4) is 0 Å². The fraction of sp³-hybridized carbons (Fsp3) is 0.500. The second-order valence-electron chi connectivity index (χ2n) is 4.20. The van der Waals surface area contributed by atoms with E-state index in [-0.39, 0.29) is 4.90 Å². The van der Waals surface area contributed by atoms with Gasteiger partial charge in [0.15, 0.2) is 0 Å². The Morgan fingerprint density at radius 1 is 1.56 bits per heavy atom. The summed E-state index contributed by atoms with van der Waals surface area (Å²) in [5, 5.41) is 0. The van der Waals surface area contributed by atoms with E-state index in [0.717, 1.165) is 6.42 Å². The van der Waals surface area contributed by atoms with Gasteiger partial charge in [0.1, 0.15) is 4.90 Å². The van der Waals surface area contributed by atoms with Crippen molar-refractivity contribution in [2.45, 2.75) is 18.2 Å². The van der Waals surface area contributed by atoms with Crippen LogP contribution in [0.15, 0.2) is 28.2 Å². The Labute approximate surface area is 93.9 Å². The third-order valence-corrected chi connectivity index (χ3v) is 4.33. The number of rotatable bonds is 4. The molecule has 16 heavy (non-hydrogen) atoms. The van der Waals surface area contributed by atoms with Crippen molar-refractivity contribution in [2.75, 3.05) is 6.54 Å². The number of H-pyrrole nitrogens is 1. The third-order valence-electron chi connectivity index (χ3n) is 2.89. The molecule has 1 heterocycles. The molecule has 1 saturated carbocycles. The van der Waals surface area contributed by atoms with E-state index in [0.29, 0.717) is 18.4 Å². The second kappa shape index (κ2) is 4.03. The summed E-state index contributed by atoms with van der Waals surface area (Å²) < 4.78 is 26.0. The van der Waals surface area contributed by atoms with Crippen molar-refractivity contribution in [2.24, 2.45) is 11.8 Å². The molecular weight excluding hydrogens is 228 g/mol. The summed E-state index contributed by atoms with van der Waals surface area (Å²) in [6.45, 7) is 2.49. The highest BCUT2D eigenvalue weighted by atomic mass is 32.2. The molecule has 88 valence electrons. The number of aromatic amines is 1. The van der Waals surface area contributed by atoms with Crippen molar-refractivity contribution < 1.29 is 8.42 Å². The minimum Gasteiger partial charge on any atom is -0.366 e. The van der Waals surface area contributed by atoms with Gasteiger partial charge in [-0.15, -0.1) is 0 Å². The number of hydrogen-bond acceptors (Lipinski definition) is 3. The number of hydrogen-bond donors (Lipinski definition) is 2. The molecule has 2 N–H and O–H groups in total. The van der Waals surface area contributed by atoms with Gasteiger partial charge >= 0.3 is 0 Å². The van der Waals surface area contributed by atoms with Gasteiger partial charge in [0.05, 0.1) is 0 Å². The lowest BCUT2D eigenvalue weighted by molar-refractivity contribution is 0.573. The van der Waals surface area contributed by atoms with E-state index < -0.39 is 15.5 Å². The van der Waals surface area contributed by atoms with Crippen molar-refractivity contribution in [3.63, 3.8) is 0 Å². The highest BCUT2D eigenvalue weighted by Crippen LogP contribution is 2.36. The summed E-state index contributed by atoms with van der Waals surface area (Å²) in [7, 11) is -3.66. The molecule has 0 spiro atoms. The van der Waals surface area contributed by atoms with E-state index in [4.69, 9.17) is 0 Å². The Morgan fingerprint density at radius 2 is 2.25 bits per heavy atom. The zero-order valence-electron chi connectivity index (χ0n) is 8.93. The fourth-order valence-electron chi connectivity index (χ4n) is 1.59. The summed E-state index contributed by atoms with van der Waals surface area (Å²) >= 11 is 0. The minimum absolute atomic E-state index is 0.219. The van der Waals surface area contributed by atoms with Crippen LogP contribution in [-0.2, 0) is 10.0 Å².